The van der Waals surface area contributed by atoms with Crippen molar-refractivity contribution >= 4 is 11.8 Å². The van der Waals surface area contributed by atoms with Gasteiger partial charge in [0.1, 0.15) is 17.0 Å². The van der Waals surface area contributed by atoms with E-state index in [1.54, 1.807) is 27.7 Å². The molecule has 26 heavy (non-hydrogen) atoms. The van der Waals surface area contributed by atoms with Crippen molar-refractivity contribution in [3.05, 3.63) is 11.3 Å². The van der Waals surface area contributed by atoms with E-state index in [0.29, 0.717) is 6.42 Å². The van der Waals surface area contributed by atoms with Gasteiger partial charge in [-0.05, 0) is 33.6 Å². The number of aliphatic hydroxyl groups is 2. The van der Waals surface area contributed by atoms with Crippen molar-refractivity contribution in [3.63, 3.8) is 0 Å². The van der Waals surface area contributed by atoms with Crippen molar-refractivity contribution < 1.29 is 34.0 Å². The standard InChI is InChI=1S/C19H26O7/c1-9(20)12-13-17(7-10(21)16(4,5)26-13)8-11-15(2,3)18(12,23)19(17,25-11)14(22)24-6/h10-11,21,23H,7-8H2,1-6H3/t10-,11+,17-,18+,19-/m0/s1. The van der Waals surface area contributed by atoms with Crippen LogP contribution in [0.3, 0.4) is 0 Å². The molecule has 5 atom stereocenters. The van der Waals surface area contributed by atoms with E-state index in [0.717, 1.165) is 0 Å². The van der Waals surface area contributed by atoms with E-state index in [9.17, 15) is 19.8 Å². The Morgan fingerprint density at radius 2 is 1.81 bits per heavy atom. The Labute approximate surface area is 152 Å². The molecule has 4 aliphatic rings. The van der Waals surface area contributed by atoms with Crippen LogP contribution in [0.2, 0.25) is 0 Å². The molecule has 3 heterocycles. The van der Waals surface area contributed by atoms with Crippen LogP contribution in [-0.4, -0.2) is 58.1 Å². The number of Topliss-reactive ketones (excluding diaryl/α,β-unsaturated/α-hetero) is 1. The summed E-state index contributed by atoms with van der Waals surface area (Å²) in [5.74, 6) is -0.831. The second-order valence-electron chi connectivity index (χ2n) is 9.18. The number of ether oxygens (including phenoxy) is 3. The minimum absolute atomic E-state index is 0.0767. The lowest BCUT2D eigenvalue weighted by Gasteiger charge is -2.53. The molecule has 3 saturated heterocycles. The molecule has 144 valence electrons. The number of carbonyl (C=O) groups is 2. The average molecular weight is 366 g/mol. The Kier molecular flexibility index (Phi) is 3.11. The maximum absolute atomic E-state index is 13.1. The number of ketones is 1. The topological polar surface area (TPSA) is 102 Å². The number of esters is 1. The molecule has 0 amide bonds. The molecule has 7 nitrogen and oxygen atoms in total. The SMILES string of the molecule is COC(=O)[C@]12O[C@@H]3C[C@]14C[C@H](O)C(C)(C)OC4=C(C(C)=O)[C@@]2(O)C3(C)C. The summed E-state index contributed by atoms with van der Waals surface area (Å²) in [7, 11) is 1.23. The van der Waals surface area contributed by atoms with E-state index in [-0.39, 0.29) is 23.5 Å². The lowest BCUT2D eigenvalue weighted by atomic mass is 9.51. The van der Waals surface area contributed by atoms with E-state index < -0.39 is 45.8 Å². The summed E-state index contributed by atoms with van der Waals surface area (Å²) in [6.45, 7) is 8.38. The molecule has 1 spiro atoms. The second-order valence-corrected chi connectivity index (χ2v) is 9.18. The third-order valence-corrected chi connectivity index (χ3v) is 7.33. The monoisotopic (exact) mass is 366 g/mol. The predicted molar refractivity (Wildman–Crippen MR) is 88.9 cm³/mol. The predicted octanol–water partition coefficient (Wildman–Crippen LogP) is 0.861. The number of hydrogen-bond donors (Lipinski definition) is 2. The Bertz CT molecular complexity index is 766. The Morgan fingerprint density at radius 1 is 1.19 bits per heavy atom. The van der Waals surface area contributed by atoms with Gasteiger partial charge in [0.15, 0.2) is 5.78 Å². The second kappa shape index (κ2) is 4.51. The van der Waals surface area contributed by atoms with Crippen molar-refractivity contribution in [2.75, 3.05) is 7.11 Å². The Hall–Kier alpha value is -1.44. The molecular formula is C19H26O7. The molecule has 0 saturated carbocycles. The van der Waals surface area contributed by atoms with Gasteiger partial charge in [0.05, 0.1) is 30.3 Å². The van der Waals surface area contributed by atoms with Crippen LogP contribution in [0.25, 0.3) is 0 Å². The molecule has 3 aliphatic heterocycles. The van der Waals surface area contributed by atoms with Crippen molar-refractivity contribution in [2.45, 2.75) is 76.5 Å². The molecule has 0 aromatic carbocycles. The Morgan fingerprint density at radius 3 is 2.35 bits per heavy atom. The number of carbonyl (C=O) groups excluding carboxylic acids is 2. The summed E-state index contributed by atoms with van der Waals surface area (Å²) in [4.78, 5) is 25.7. The van der Waals surface area contributed by atoms with Crippen LogP contribution in [0.15, 0.2) is 11.3 Å². The van der Waals surface area contributed by atoms with Gasteiger partial charge in [0.2, 0.25) is 5.60 Å². The van der Waals surface area contributed by atoms with E-state index >= 15 is 0 Å². The molecule has 7 heteroatoms. The lowest BCUT2D eigenvalue weighted by Crippen LogP contribution is -2.70. The van der Waals surface area contributed by atoms with Crippen molar-refractivity contribution in [1.82, 2.24) is 0 Å². The fraction of sp³-hybridized carbons (Fsp3) is 0.789. The summed E-state index contributed by atoms with van der Waals surface area (Å²) >= 11 is 0. The number of rotatable bonds is 2. The minimum atomic E-state index is -1.89. The summed E-state index contributed by atoms with van der Waals surface area (Å²) in [6.07, 6.45) is -0.850. The zero-order valence-corrected chi connectivity index (χ0v) is 16.0. The van der Waals surface area contributed by atoms with Gasteiger partial charge in [-0.25, -0.2) is 4.79 Å². The first kappa shape index (κ1) is 17.9. The highest BCUT2D eigenvalue weighted by atomic mass is 16.6. The Balaban J connectivity index is 2.10. The van der Waals surface area contributed by atoms with Gasteiger partial charge < -0.3 is 24.4 Å². The van der Waals surface area contributed by atoms with Gasteiger partial charge in [-0.15, -0.1) is 0 Å². The highest BCUT2D eigenvalue weighted by Gasteiger charge is 2.92. The first-order valence-electron chi connectivity index (χ1n) is 8.95. The van der Waals surface area contributed by atoms with Crippen LogP contribution >= 0.6 is 0 Å². The molecule has 4 rings (SSSR count). The van der Waals surface area contributed by atoms with E-state index in [1.165, 1.54) is 14.0 Å². The van der Waals surface area contributed by atoms with E-state index in [4.69, 9.17) is 14.2 Å². The maximum Gasteiger partial charge on any atom is 0.342 e. The van der Waals surface area contributed by atoms with E-state index in [2.05, 4.69) is 0 Å². The van der Waals surface area contributed by atoms with E-state index in [1.807, 2.05) is 0 Å². The highest BCUT2D eigenvalue weighted by molar-refractivity contribution is 6.02. The molecule has 0 unspecified atom stereocenters. The first-order valence-corrected chi connectivity index (χ1v) is 8.95. The van der Waals surface area contributed by atoms with Crippen molar-refractivity contribution in [1.29, 1.82) is 0 Å². The fourth-order valence-corrected chi connectivity index (χ4v) is 5.83. The zero-order valence-electron chi connectivity index (χ0n) is 16.0. The molecular weight excluding hydrogens is 340 g/mol. The number of hydrogen-bond acceptors (Lipinski definition) is 7. The molecule has 1 aliphatic carbocycles. The summed E-state index contributed by atoms with van der Waals surface area (Å²) in [5.41, 5.74) is -6.59. The third kappa shape index (κ3) is 1.43. The number of methoxy groups -OCH3 is 1. The molecule has 0 aromatic rings. The van der Waals surface area contributed by atoms with Crippen LogP contribution in [0.1, 0.15) is 47.5 Å². The van der Waals surface area contributed by atoms with Crippen LogP contribution in [0.5, 0.6) is 0 Å². The molecule has 2 bridgehead atoms. The van der Waals surface area contributed by atoms with Gasteiger partial charge in [-0.2, -0.15) is 0 Å². The average Bonchev–Trinajstić information content (AvgIpc) is 3.00. The van der Waals surface area contributed by atoms with Crippen LogP contribution in [0, 0.1) is 10.8 Å². The van der Waals surface area contributed by atoms with Gasteiger partial charge >= 0.3 is 5.97 Å². The quantitative estimate of drug-likeness (QED) is 0.699. The van der Waals surface area contributed by atoms with Gasteiger partial charge in [0.25, 0.3) is 0 Å². The normalized spacial score (nSPS) is 46.8. The number of aliphatic hydroxyl groups excluding tert-OH is 1. The molecule has 0 aromatic heterocycles. The fourth-order valence-electron chi connectivity index (χ4n) is 5.83. The molecule has 2 N–H and O–H groups in total. The number of fused-ring (bicyclic) bond motifs is 1. The molecule has 0 radical (unpaired) electrons. The smallest absolute Gasteiger partial charge is 0.342 e. The van der Waals surface area contributed by atoms with Gasteiger partial charge in [-0.3, -0.25) is 4.79 Å². The summed E-state index contributed by atoms with van der Waals surface area (Å²) < 4.78 is 17.3. The van der Waals surface area contributed by atoms with Crippen LogP contribution < -0.4 is 0 Å². The van der Waals surface area contributed by atoms with Crippen molar-refractivity contribution in [3.8, 4) is 0 Å². The van der Waals surface area contributed by atoms with Crippen LogP contribution in [0.4, 0.5) is 0 Å². The maximum atomic E-state index is 13.1. The largest absolute Gasteiger partial charge is 0.488 e. The highest BCUT2D eigenvalue weighted by Crippen LogP contribution is 2.78. The lowest BCUT2D eigenvalue weighted by molar-refractivity contribution is -0.214. The first-order chi connectivity index (χ1) is 11.8. The summed E-state index contributed by atoms with van der Waals surface area (Å²) in [6, 6.07) is 0. The molecule has 3 fully saturated rings. The third-order valence-electron chi connectivity index (χ3n) is 7.33. The summed E-state index contributed by atoms with van der Waals surface area (Å²) in [5, 5.41) is 22.7. The minimum Gasteiger partial charge on any atom is -0.488 e. The van der Waals surface area contributed by atoms with Crippen LogP contribution in [-0.2, 0) is 23.8 Å². The van der Waals surface area contributed by atoms with Gasteiger partial charge in [-0.1, -0.05) is 13.8 Å². The van der Waals surface area contributed by atoms with Gasteiger partial charge in [0, 0.05) is 5.41 Å². The zero-order chi connectivity index (χ0) is 19.5. The van der Waals surface area contributed by atoms with Crippen molar-refractivity contribution in [2.24, 2.45) is 10.8 Å².